The van der Waals surface area contributed by atoms with E-state index in [4.69, 9.17) is 0 Å². The Balaban J connectivity index is 1.57. The molecule has 1 saturated carbocycles. The van der Waals surface area contributed by atoms with Gasteiger partial charge >= 0.3 is 0 Å². The molecule has 0 unspecified atom stereocenters. The van der Waals surface area contributed by atoms with Crippen molar-refractivity contribution >= 4 is 27.3 Å². The van der Waals surface area contributed by atoms with E-state index in [-0.39, 0.29) is 22.8 Å². The van der Waals surface area contributed by atoms with Crippen LogP contribution in [0.1, 0.15) is 36.1 Å². The highest BCUT2D eigenvalue weighted by Crippen LogP contribution is 2.42. The minimum atomic E-state index is -3.68. The van der Waals surface area contributed by atoms with Crippen LogP contribution in [-0.4, -0.2) is 27.4 Å². The standard InChI is InChI=1S/C19H24N2O3S2/c1-15-6-4-7-16(12-15)26(23,24)21-13-18(22)20-14-19(9-2-3-10-19)17-8-5-11-25-17/h4-8,11-12,21H,2-3,9-10,13-14H2,1H3,(H,20,22). The lowest BCUT2D eigenvalue weighted by Gasteiger charge is -2.28. The van der Waals surface area contributed by atoms with Gasteiger partial charge in [0, 0.05) is 16.8 Å². The van der Waals surface area contributed by atoms with Crippen LogP contribution in [0.2, 0.25) is 0 Å². The van der Waals surface area contributed by atoms with Crippen molar-refractivity contribution in [3.63, 3.8) is 0 Å². The maximum absolute atomic E-state index is 12.3. The zero-order valence-electron chi connectivity index (χ0n) is 14.8. The van der Waals surface area contributed by atoms with Gasteiger partial charge in [-0.2, -0.15) is 0 Å². The molecule has 0 bridgehead atoms. The largest absolute Gasteiger partial charge is 0.354 e. The SMILES string of the molecule is Cc1cccc(S(=O)(=O)NCC(=O)NCC2(c3cccs3)CCCC2)c1. The predicted octanol–water partition coefficient (Wildman–Crippen LogP) is 2.96. The van der Waals surface area contributed by atoms with E-state index >= 15 is 0 Å². The highest BCUT2D eigenvalue weighted by atomic mass is 32.2. The van der Waals surface area contributed by atoms with Gasteiger partial charge in [-0.3, -0.25) is 4.79 Å². The normalized spacial score (nSPS) is 16.5. The van der Waals surface area contributed by atoms with Gasteiger partial charge < -0.3 is 5.32 Å². The first kappa shape index (κ1) is 19.1. The number of thiophene rings is 1. The molecule has 2 aromatic rings. The average molecular weight is 393 g/mol. The third-order valence-electron chi connectivity index (χ3n) is 4.95. The number of sulfonamides is 1. The Morgan fingerprint density at radius 3 is 2.62 bits per heavy atom. The maximum atomic E-state index is 12.3. The molecule has 0 radical (unpaired) electrons. The minimum Gasteiger partial charge on any atom is -0.354 e. The van der Waals surface area contributed by atoms with Crippen molar-refractivity contribution in [1.29, 1.82) is 0 Å². The van der Waals surface area contributed by atoms with Crippen molar-refractivity contribution in [1.82, 2.24) is 10.0 Å². The van der Waals surface area contributed by atoms with Gasteiger partial charge in [-0.25, -0.2) is 13.1 Å². The molecule has 1 amide bonds. The van der Waals surface area contributed by atoms with Gasteiger partial charge in [0.25, 0.3) is 0 Å². The quantitative estimate of drug-likeness (QED) is 0.761. The molecule has 1 aromatic carbocycles. The second kappa shape index (κ2) is 7.90. The lowest BCUT2D eigenvalue weighted by atomic mass is 9.84. The third kappa shape index (κ3) is 4.34. The first-order valence-electron chi connectivity index (χ1n) is 8.78. The summed E-state index contributed by atoms with van der Waals surface area (Å²) in [5, 5.41) is 4.99. The highest BCUT2D eigenvalue weighted by molar-refractivity contribution is 7.89. The second-order valence-electron chi connectivity index (χ2n) is 6.88. The summed E-state index contributed by atoms with van der Waals surface area (Å²) in [5.41, 5.74) is 0.857. The van der Waals surface area contributed by atoms with E-state index < -0.39 is 10.0 Å². The van der Waals surface area contributed by atoms with Gasteiger partial charge in [0.15, 0.2) is 0 Å². The second-order valence-corrected chi connectivity index (χ2v) is 9.60. The lowest BCUT2D eigenvalue weighted by Crippen LogP contribution is -2.43. The van der Waals surface area contributed by atoms with Crippen LogP contribution in [0.3, 0.4) is 0 Å². The maximum Gasteiger partial charge on any atom is 0.241 e. The Morgan fingerprint density at radius 2 is 1.96 bits per heavy atom. The Kier molecular flexibility index (Phi) is 5.79. The van der Waals surface area contributed by atoms with E-state index in [0.29, 0.717) is 6.54 Å². The molecular weight excluding hydrogens is 368 g/mol. The zero-order chi connectivity index (χ0) is 18.6. The topological polar surface area (TPSA) is 75.3 Å². The molecule has 2 N–H and O–H groups in total. The number of hydrogen-bond donors (Lipinski definition) is 2. The zero-order valence-corrected chi connectivity index (χ0v) is 16.5. The summed E-state index contributed by atoms with van der Waals surface area (Å²) < 4.78 is 27.0. The fraction of sp³-hybridized carbons (Fsp3) is 0.421. The molecule has 1 heterocycles. The summed E-state index contributed by atoms with van der Waals surface area (Å²) >= 11 is 1.72. The average Bonchev–Trinajstić information content (AvgIpc) is 3.30. The van der Waals surface area contributed by atoms with Gasteiger partial charge in [0.05, 0.1) is 11.4 Å². The van der Waals surface area contributed by atoms with Crippen LogP contribution < -0.4 is 10.0 Å². The molecule has 0 atom stereocenters. The Hall–Kier alpha value is -1.70. The highest BCUT2D eigenvalue weighted by Gasteiger charge is 2.36. The van der Waals surface area contributed by atoms with Crippen molar-refractivity contribution < 1.29 is 13.2 Å². The molecule has 1 aliphatic rings. The summed E-state index contributed by atoms with van der Waals surface area (Å²) in [4.78, 5) is 13.7. The number of aryl methyl sites for hydroxylation is 1. The van der Waals surface area contributed by atoms with E-state index in [1.807, 2.05) is 19.1 Å². The van der Waals surface area contributed by atoms with Gasteiger partial charge in [0.1, 0.15) is 0 Å². The minimum absolute atomic E-state index is 0.000750. The number of benzene rings is 1. The van der Waals surface area contributed by atoms with Crippen molar-refractivity contribution in [2.45, 2.75) is 42.9 Å². The molecule has 26 heavy (non-hydrogen) atoms. The predicted molar refractivity (Wildman–Crippen MR) is 104 cm³/mol. The van der Waals surface area contributed by atoms with E-state index in [2.05, 4.69) is 21.5 Å². The molecule has 1 fully saturated rings. The molecule has 0 saturated heterocycles. The molecule has 3 rings (SSSR count). The molecule has 7 heteroatoms. The van der Waals surface area contributed by atoms with Crippen LogP contribution in [0.25, 0.3) is 0 Å². The van der Waals surface area contributed by atoms with E-state index in [1.54, 1.807) is 23.5 Å². The van der Waals surface area contributed by atoms with Crippen molar-refractivity contribution in [2.75, 3.05) is 13.1 Å². The summed E-state index contributed by atoms with van der Waals surface area (Å²) in [6.07, 6.45) is 4.44. The van der Waals surface area contributed by atoms with Crippen LogP contribution in [0.4, 0.5) is 0 Å². The molecule has 140 valence electrons. The smallest absolute Gasteiger partial charge is 0.241 e. The lowest BCUT2D eigenvalue weighted by molar-refractivity contribution is -0.120. The molecular formula is C19H24N2O3S2. The van der Waals surface area contributed by atoms with Gasteiger partial charge in [-0.1, -0.05) is 31.0 Å². The molecule has 0 spiro atoms. The van der Waals surface area contributed by atoms with Crippen molar-refractivity contribution in [3.8, 4) is 0 Å². The fourth-order valence-corrected chi connectivity index (χ4v) is 5.57. The molecule has 5 nitrogen and oxygen atoms in total. The van der Waals surface area contributed by atoms with Gasteiger partial charge in [-0.15, -0.1) is 11.3 Å². The molecule has 1 aliphatic carbocycles. The summed E-state index contributed by atoms with van der Waals surface area (Å²) in [7, 11) is -3.68. The van der Waals surface area contributed by atoms with Crippen LogP contribution in [0.5, 0.6) is 0 Å². The fourth-order valence-electron chi connectivity index (χ4n) is 3.50. The molecule has 0 aliphatic heterocycles. The van der Waals surface area contributed by atoms with Gasteiger partial charge in [-0.05, 0) is 48.9 Å². The van der Waals surface area contributed by atoms with E-state index in [0.717, 1.165) is 31.2 Å². The summed E-state index contributed by atoms with van der Waals surface area (Å²) in [6.45, 7) is 2.13. The third-order valence-corrected chi connectivity index (χ3v) is 7.47. The van der Waals surface area contributed by atoms with Crippen molar-refractivity contribution in [2.24, 2.45) is 0 Å². The Morgan fingerprint density at radius 1 is 1.19 bits per heavy atom. The first-order valence-corrected chi connectivity index (χ1v) is 11.1. The summed E-state index contributed by atoms with van der Waals surface area (Å²) in [5.74, 6) is -0.302. The number of rotatable bonds is 7. The van der Waals surface area contributed by atoms with Crippen molar-refractivity contribution in [3.05, 3.63) is 52.2 Å². The van der Waals surface area contributed by atoms with Crippen LogP contribution in [0.15, 0.2) is 46.7 Å². The number of carbonyl (C=O) groups is 1. The van der Waals surface area contributed by atoms with Crippen LogP contribution >= 0.6 is 11.3 Å². The van der Waals surface area contributed by atoms with E-state index in [9.17, 15) is 13.2 Å². The van der Waals surface area contributed by atoms with Crippen LogP contribution in [0, 0.1) is 6.92 Å². The van der Waals surface area contributed by atoms with Crippen LogP contribution in [-0.2, 0) is 20.2 Å². The number of amides is 1. The monoisotopic (exact) mass is 392 g/mol. The van der Waals surface area contributed by atoms with E-state index in [1.165, 1.54) is 10.9 Å². The number of carbonyl (C=O) groups excluding carboxylic acids is 1. The first-order chi connectivity index (χ1) is 12.4. The number of nitrogens with one attached hydrogen (secondary N) is 2. The molecule has 1 aromatic heterocycles. The Labute approximate surface area is 158 Å². The summed E-state index contributed by atoms with van der Waals surface area (Å²) in [6, 6.07) is 10.8. The Bertz CT molecular complexity index is 855. The van der Waals surface area contributed by atoms with Gasteiger partial charge in [0.2, 0.25) is 15.9 Å². The number of hydrogen-bond acceptors (Lipinski definition) is 4.